The maximum absolute atomic E-state index is 12.8. The Labute approximate surface area is 149 Å². The van der Waals surface area contributed by atoms with Crippen molar-refractivity contribution >= 4 is 28.8 Å². The molecule has 0 radical (unpaired) electrons. The molecule has 1 amide bonds. The lowest BCUT2D eigenvalue weighted by Gasteiger charge is -2.23. The summed E-state index contributed by atoms with van der Waals surface area (Å²) < 4.78 is 0. The highest BCUT2D eigenvalue weighted by Gasteiger charge is 2.24. The van der Waals surface area contributed by atoms with E-state index in [1.165, 1.54) is 4.80 Å². The lowest BCUT2D eigenvalue weighted by molar-refractivity contribution is 0.0738. The number of carbonyl (C=O) groups excluding carboxylic acids is 1. The molecule has 0 aliphatic carbocycles. The minimum atomic E-state index is -0.151. The van der Waals surface area contributed by atoms with Gasteiger partial charge in [0.2, 0.25) is 0 Å². The fourth-order valence-corrected chi connectivity index (χ4v) is 3.37. The Bertz CT molecular complexity index is 859. The van der Waals surface area contributed by atoms with Crippen molar-refractivity contribution in [3.05, 3.63) is 63.1 Å². The van der Waals surface area contributed by atoms with Crippen LogP contribution in [0, 0.1) is 6.92 Å². The SMILES string of the molecule is Cc1nn(-c2cccc(Cl)c2)nc1C(=O)N(C)C(C)c1cccs1. The van der Waals surface area contributed by atoms with Gasteiger partial charge in [0.1, 0.15) is 0 Å². The standard InChI is InChI=1S/C17H17ClN4OS/c1-11-16(17(23)21(3)12(2)15-8-5-9-24-15)20-22(19-11)14-7-4-6-13(18)10-14/h4-10,12H,1-3H3. The summed E-state index contributed by atoms with van der Waals surface area (Å²) in [5, 5.41) is 11.3. The van der Waals surface area contributed by atoms with E-state index >= 15 is 0 Å². The van der Waals surface area contributed by atoms with E-state index in [2.05, 4.69) is 10.2 Å². The van der Waals surface area contributed by atoms with Crippen LogP contribution in [0.2, 0.25) is 5.02 Å². The molecule has 1 aromatic carbocycles. The van der Waals surface area contributed by atoms with E-state index in [4.69, 9.17) is 11.6 Å². The van der Waals surface area contributed by atoms with Gasteiger partial charge in [-0.3, -0.25) is 4.79 Å². The number of aromatic nitrogens is 3. The van der Waals surface area contributed by atoms with Gasteiger partial charge in [-0.05, 0) is 43.5 Å². The molecule has 2 heterocycles. The first-order valence-corrected chi connectivity index (χ1v) is 8.73. The van der Waals surface area contributed by atoms with E-state index < -0.39 is 0 Å². The topological polar surface area (TPSA) is 51.0 Å². The first kappa shape index (κ1) is 16.7. The fourth-order valence-electron chi connectivity index (χ4n) is 2.36. The van der Waals surface area contributed by atoms with Crippen LogP contribution in [-0.2, 0) is 0 Å². The Morgan fingerprint density at radius 1 is 1.29 bits per heavy atom. The molecular weight excluding hydrogens is 344 g/mol. The highest BCUT2D eigenvalue weighted by molar-refractivity contribution is 7.10. The largest absolute Gasteiger partial charge is 0.333 e. The van der Waals surface area contributed by atoms with Crippen molar-refractivity contribution in [2.24, 2.45) is 0 Å². The van der Waals surface area contributed by atoms with Crippen molar-refractivity contribution in [2.75, 3.05) is 7.05 Å². The summed E-state index contributed by atoms with van der Waals surface area (Å²) in [7, 11) is 1.78. The number of nitrogens with zero attached hydrogens (tertiary/aromatic N) is 4. The smallest absolute Gasteiger partial charge is 0.276 e. The van der Waals surface area contributed by atoms with Gasteiger partial charge in [-0.2, -0.15) is 9.90 Å². The predicted molar refractivity (Wildman–Crippen MR) is 95.9 cm³/mol. The molecule has 1 atom stereocenters. The normalized spacial score (nSPS) is 12.2. The Balaban J connectivity index is 1.88. The van der Waals surface area contributed by atoms with Crippen molar-refractivity contribution in [1.82, 2.24) is 19.9 Å². The molecule has 0 N–H and O–H groups in total. The highest BCUT2D eigenvalue weighted by Crippen LogP contribution is 2.25. The molecule has 3 rings (SSSR count). The fraction of sp³-hybridized carbons (Fsp3) is 0.235. The van der Waals surface area contributed by atoms with Gasteiger partial charge in [0, 0.05) is 16.9 Å². The van der Waals surface area contributed by atoms with Crippen LogP contribution in [0.5, 0.6) is 0 Å². The number of hydrogen-bond donors (Lipinski definition) is 0. The van der Waals surface area contributed by atoms with Crippen molar-refractivity contribution in [1.29, 1.82) is 0 Å². The van der Waals surface area contributed by atoms with Crippen LogP contribution in [0.4, 0.5) is 0 Å². The van der Waals surface area contributed by atoms with Crippen molar-refractivity contribution in [3.8, 4) is 5.69 Å². The van der Waals surface area contributed by atoms with Gasteiger partial charge in [0.25, 0.3) is 5.91 Å². The van der Waals surface area contributed by atoms with Gasteiger partial charge in [-0.1, -0.05) is 23.7 Å². The molecule has 0 aliphatic rings. The van der Waals surface area contributed by atoms with Crippen molar-refractivity contribution in [2.45, 2.75) is 19.9 Å². The second kappa shape index (κ2) is 6.75. The first-order chi connectivity index (χ1) is 11.5. The zero-order chi connectivity index (χ0) is 17.3. The van der Waals surface area contributed by atoms with Crippen LogP contribution < -0.4 is 0 Å². The lowest BCUT2D eigenvalue weighted by atomic mass is 10.2. The van der Waals surface area contributed by atoms with Gasteiger partial charge >= 0.3 is 0 Å². The van der Waals surface area contributed by atoms with Crippen LogP contribution in [-0.4, -0.2) is 32.8 Å². The third-order valence-corrected chi connectivity index (χ3v) is 5.16. The van der Waals surface area contributed by atoms with E-state index in [0.29, 0.717) is 16.4 Å². The molecule has 0 aliphatic heterocycles. The van der Waals surface area contributed by atoms with Crippen LogP contribution in [0.25, 0.3) is 5.69 Å². The number of aryl methyl sites for hydroxylation is 1. The molecule has 0 bridgehead atoms. The van der Waals surface area contributed by atoms with Crippen molar-refractivity contribution < 1.29 is 4.79 Å². The maximum atomic E-state index is 12.8. The van der Waals surface area contributed by atoms with Gasteiger partial charge < -0.3 is 4.90 Å². The summed E-state index contributed by atoms with van der Waals surface area (Å²) >= 11 is 7.64. The van der Waals surface area contributed by atoms with E-state index in [-0.39, 0.29) is 11.9 Å². The Kier molecular flexibility index (Phi) is 4.69. The van der Waals surface area contributed by atoms with Crippen molar-refractivity contribution in [3.63, 3.8) is 0 Å². The third-order valence-electron chi connectivity index (χ3n) is 3.88. The second-order valence-electron chi connectivity index (χ2n) is 5.51. The Hall–Kier alpha value is -2.18. The molecule has 3 aromatic rings. The second-order valence-corrected chi connectivity index (χ2v) is 6.93. The summed E-state index contributed by atoms with van der Waals surface area (Å²) in [6.45, 7) is 3.78. The van der Waals surface area contributed by atoms with E-state index in [0.717, 1.165) is 10.6 Å². The molecule has 0 saturated heterocycles. The van der Waals surface area contributed by atoms with E-state index in [1.54, 1.807) is 42.3 Å². The number of carbonyl (C=O) groups is 1. The minimum absolute atomic E-state index is 0.0202. The zero-order valence-corrected chi connectivity index (χ0v) is 15.2. The summed E-state index contributed by atoms with van der Waals surface area (Å²) in [6, 6.07) is 11.2. The molecule has 1 unspecified atom stereocenters. The highest BCUT2D eigenvalue weighted by atomic mass is 35.5. The molecule has 0 saturated carbocycles. The molecule has 24 heavy (non-hydrogen) atoms. The zero-order valence-electron chi connectivity index (χ0n) is 13.6. The number of halogens is 1. The Morgan fingerprint density at radius 3 is 2.75 bits per heavy atom. The molecule has 2 aromatic heterocycles. The molecule has 0 spiro atoms. The maximum Gasteiger partial charge on any atom is 0.276 e. The quantitative estimate of drug-likeness (QED) is 0.703. The lowest BCUT2D eigenvalue weighted by Crippen LogP contribution is -2.30. The summed E-state index contributed by atoms with van der Waals surface area (Å²) in [6.07, 6.45) is 0. The number of thiophene rings is 1. The van der Waals surface area contributed by atoms with Crippen LogP contribution in [0.3, 0.4) is 0 Å². The molecule has 124 valence electrons. The van der Waals surface area contributed by atoms with Gasteiger partial charge in [0.05, 0.1) is 17.4 Å². The summed E-state index contributed by atoms with van der Waals surface area (Å²) in [5.74, 6) is -0.151. The number of benzene rings is 1. The summed E-state index contributed by atoms with van der Waals surface area (Å²) in [5.41, 5.74) is 1.66. The third kappa shape index (κ3) is 3.20. The Morgan fingerprint density at radius 2 is 2.08 bits per heavy atom. The molecular formula is C17H17ClN4OS. The monoisotopic (exact) mass is 360 g/mol. The summed E-state index contributed by atoms with van der Waals surface area (Å²) in [4.78, 5) is 17.1. The number of rotatable bonds is 4. The van der Waals surface area contributed by atoms with Crippen LogP contribution >= 0.6 is 22.9 Å². The molecule has 0 fully saturated rings. The van der Waals surface area contributed by atoms with Crippen LogP contribution in [0.1, 0.15) is 34.0 Å². The number of amides is 1. The van der Waals surface area contributed by atoms with Crippen LogP contribution in [0.15, 0.2) is 41.8 Å². The van der Waals surface area contributed by atoms with E-state index in [9.17, 15) is 4.79 Å². The molecule has 5 nitrogen and oxygen atoms in total. The predicted octanol–water partition coefficient (Wildman–Crippen LogP) is 4.12. The van der Waals surface area contributed by atoms with Gasteiger partial charge in [-0.15, -0.1) is 16.4 Å². The molecule has 7 heteroatoms. The first-order valence-electron chi connectivity index (χ1n) is 7.48. The van der Waals surface area contributed by atoms with Gasteiger partial charge in [-0.25, -0.2) is 0 Å². The average molecular weight is 361 g/mol. The minimum Gasteiger partial charge on any atom is -0.333 e. The number of hydrogen-bond acceptors (Lipinski definition) is 4. The van der Waals surface area contributed by atoms with E-state index in [1.807, 2.05) is 36.6 Å². The van der Waals surface area contributed by atoms with Gasteiger partial charge in [0.15, 0.2) is 5.69 Å². The average Bonchev–Trinajstić information content (AvgIpc) is 3.22.